The largest absolute Gasteiger partial charge is 0.399 e. The van der Waals surface area contributed by atoms with Gasteiger partial charge in [0.2, 0.25) is 0 Å². The summed E-state index contributed by atoms with van der Waals surface area (Å²) in [6.07, 6.45) is 20.9. The molecule has 0 aliphatic heterocycles. The molecule has 0 fully saturated rings. The van der Waals surface area contributed by atoms with Crippen molar-refractivity contribution in [1.29, 1.82) is 0 Å². The molecule has 0 amide bonds. The van der Waals surface area contributed by atoms with Gasteiger partial charge in [0.15, 0.2) is 0 Å². The Hall–Kier alpha value is -3.52. The van der Waals surface area contributed by atoms with Gasteiger partial charge in [-0.1, -0.05) is 125 Å². The van der Waals surface area contributed by atoms with Gasteiger partial charge in [-0.05, 0) is 121 Å². The maximum atomic E-state index is 5.90. The predicted octanol–water partition coefficient (Wildman–Crippen LogP) is 11.1. The second-order valence-corrected chi connectivity index (χ2v) is 13.1. The summed E-state index contributed by atoms with van der Waals surface area (Å²) in [4.78, 5) is 0. The van der Waals surface area contributed by atoms with E-state index >= 15 is 0 Å². The molecule has 0 unspecified atom stereocenters. The van der Waals surface area contributed by atoms with Gasteiger partial charge < -0.3 is 11.5 Å². The van der Waals surface area contributed by atoms with Crippen LogP contribution in [0.5, 0.6) is 0 Å². The number of anilines is 2. The van der Waals surface area contributed by atoms with Gasteiger partial charge in [0.05, 0.1) is 0 Å². The summed E-state index contributed by atoms with van der Waals surface area (Å²) in [6, 6.07) is 31.0. The first kappa shape index (κ1) is 33.4. The Balaban J connectivity index is 0.945. The minimum absolute atomic E-state index is 0.846. The molecule has 44 heavy (non-hydrogen) atoms. The monoisotopic (exact) mass is 588 g/mol. The molecule has 0 saturated heterocycles. The van der Waals surface area contributed by atoms with Crippen molar-refractivity contribution < 1.29 is 0 Å². The van der Waals surface area contributed by atoms with Crippen molar-refractivity contribution in [1.82, 2.24) is 0 Å². The van der Waals surface area contributed by atoms with Crippen molar-refractivity contribution in [2.75, 3.05) is 11.5 Å². The van der Waals surface area contributed by atoms with Crippen molar-refractivity contribution >= 4 is 11.4 Å². The van der Waals surface area contributed by atoms with Crippen LogP contribution in [0.2, 0.25) is 0 Å². The summed E-state index contributed by atoms with van der Waals surface area (Å²) >= 11 is 0. The van der Waals surface area contributed by atoms with Crippen LogP contribution in [-0.4, -0.2) is 0 Å². The van der Waals surface area contributed by atoms with E-state index in [2.05, 4.69) is 86.6 Å². The van der Waals surface area contributed by atoms with Gasteiger partial charge in [-0.25, -0.2) is 0 Å². The number of benzene rings is 4. The molecule has 4 N–H and O–H groups in total. The molecule has 0 spiro atoms. The summed E-state index contributed by atoms with van der Waals surface area (Å²) in [5.74, 6) is 0. The van der Waals surface area contributed by atoms with Gasteiger partial charge in [0, 0.05) is 11.4 Å². The normalized spacial score (nSPS) is 11.2. The summed E-state index contributed by atoms with van der Waals surface area (Å²) in [5.41, 5.74) is 24.5. The fourth-order valence-corrected chi connectivity index (χ4v) is 6.35. The molecule has 2 nitrogen and oxygen atoms in total. The predicted molar refractivity (Wildman–Crippen MR) is 192 cm³/mol. The van der Waals surface area contributed by atoms with E-state index in [0.29, 0.717) is 0 Å². The van der Waals surface area contributed by atoms with E-state index in [4.69, 9.17) is 11.5 Å². The standard InChI is InChI=1S/C42H56N2/c1-33-29-41(43)27-25-39(33)31-37-21-17-35(18-22-37)15-13-11-9-7-5-3-4-6-8-10-12-14-16-36-19-23-38(24-20-36)32-40-26-28-42(44)30-34(40)2/h17-30H,3-16,31-32,43-44H2,1-2H3. The first-order valence-corrected chi connectivity index (χ1v) is 17.3. The van der Waals surface area contributed by atoms with Gasteiger partial charge in [0.1, 0.15) is 0 Å². The van der Waals surface area contributed by atoms with E-state index in [-0.39, 0.29) is 0 Å². The zero-order valence-electron chi connectivity index (χ0n) is 27.6. The zero-order valence-corrected chi connectivity index (χ0v) is 27.6. The van der Waals surface area contributed by atoms with Gasteiger partial charge >= 0.3 is 0 Å². The second-order valence-electron chi connectivity index (χ2n) is 13.1. The molecule has 0 heterocycles. The number of hydrogen-bond acceptors (Lipinski definition) is 2. The van der Waals surface area contributed by atoms with Crippen LogP contribution in [0.25, 0.3) is 0 Å². The van der Waals surface area contributed by atoms with Crippen molar-refractivity contribution in [3.05, 3.63) is 129 Å². The molecule has 0 radical (unpaired) electrons. The van der Waals surface area contributed by atoms with Gasteiger partial charge in [-0.2, -0.15) is 0 Å². The number of unbranched alkanes of at least 4 members (excludes halogenated alkanes) is 11. The summed E-state index contributed by atoms with van der Waals surface area (Å²) in [6.45, 7) is 4.30. The number of nitrogen functional groups attached to an aromatic ring is 2. The Morgan fingerprint density at radius 3 is 0.977 bits per heavy atom. The SMILES string of the molecule is Cc1cc(N)ccc1Cc1ccc(CCCCCCCCCCCCCCc2ccc(Cc3ccc(N)cc3C)cc2)cc1. The highest BCUT2D eigenvalue weighted by Crippen LogP contribution is 2.20. The average molecular weight is 589 g/mol. The summed E-state index contributed by atoms with van der Waals surface area (Å²) in [7, 11) is 0. The third-order valence-electron chi connectivity index (χ3n) is 9.25. The Morgan fingerprint density at radius 2 is 0.659 bits per heavy atom. The minimum Gasteiger partial charge on any atom is -0.399 e. The van der Waals surface area contributed by atoms with Crippen molar-refractivity contribution in [2.24, 2.45) is 0 Å². The molecule has 4 rings (SSSR count). The van der Waals surface area contributed by atoms with Crippen LogP contribution in [0.4, 0.5) is 11.4 Å². The molecule has 0 atom stereocenters. The fourth-order valence-electron chi connectivity index (χ4n) is 6.35. The Labute approximate surface area is 268 Å². The lowest BCUT2D eigenvalue weighted by atomic mass is 9.98. The van der Waals surface area contributed by atoms with E-state index in [0.717, 1.165) is 24.2 Å². The minimum atomic E-state index is 0.846. The lowest BCUT2D eigenvalue weighted by Gasteiger charge is -2.08. The lowest BCUT2D eigenvalue weighted by Crippen LogP contribution is -1.95. The van der Waals surface area contributed by atoms with Crippen LogP contribution in [0.1, 0.15) is 122 Å². The van der Waals surface area contributed by atoms with E-state index in [1.54, 1.807) is 0 Å². The Bertz CT molecular complexity index is 1280. The molecule has 0 aromatic heterocycles. The number of rotatable bonds is 19. The van der Waals surface area contributed by atoms with Crippen LogP contribution in [-0.2, 0) is 25.7 Å². The second kappa shape index (κ2) is 18.3. The van der Waals surface area contributed by atoms with E-state index < -0.39 is 0 Å². The van der Waals surface area contributed by atoms with Crippen LogP contribution in [0, 0.1) is 13.8 Å². The highest BCUT2D eigenvalue weighted by atomic mass is 14.5. The topological polar surface area (TPSA) is 52.0 Å². The molecule has 4 aromatic rings. The Morgan fingerprint density at radius 1 is 0.364 bits per heavy atom. The van der Waals surface area contributed by atoms with Gasteiger partial charge in [-0.3, -0.25) is 0 Å². The fraction of sp³-hybridized carbons (Fsp3) is 0.429. The summed E-state index contributed by atoms with van der Waals surface area (Å²) in [5, 5.41) is 0. The average Bonchev–Trinajstić information content (AvgIpc) is 3.01. The van der Waals surface area contributed by atoms with Crippen LogP contribution >= 0.6 is 0 Å². The molecule has 2 heteroatoms. The molecule has 234 valence electrons. The first-order chi connectivity index (χ1) is 21.5. The highest BCUT2D eigenvalue weighted by molar-refractivity contribution is 5.46. The van der Waals surface area contributed by atoms with Gasteiger partial charge in [0.25, 0.3) is 0 Å². The van der Waals surface area contributed by atoms with Crippen LogP contribution in [0.3, 0.4) is 0 Å². The zero-order chi connectivity index (χ0) is 31.0. The lowest BCUT2D eigenvalue weighted by molar-refractivity contribution is 0.540. The molecule has 0 saturated carbocycles. The van der Waals surface area contributed by atoms with Crippen molar-refractivity contribution in [3.8, 4) is 0 Å². The van der Waals surface area contributed by atoms with E-state index in [1.807, 2.05) is 12.1 Å². The maximum absolute atomic E-state index is 5.90. The third-order valence-corrected chi connectivity index (χ3v) is 9.25. The molecule has 0 aliphatic carbocycles. The first-order valence-electron chi connectivity index (χ1n) is 17.3. The third kappa shape index (κ3) is 11.9. The molecule has 0 aliphatic rings. The number of nitrogens with two attached hydrogens (primary N) is 2. The molecule has 0 bridgehead atoms. The quantitative estimate of drug-likeness (QED) is 0.0845. The molecule has 4 aromatic carbocycles. The van der Waals surface area contributed by atoms with Crippen LogP contribution < -0.4 is 11.5 Å². The van der Waals surface area contributed by atoms with Crippen molar-refractivity contribution in [2.45, 2.75) is 117 Å². The van der Waals surface area contributed by atoms with Crippen molar-refractivity contribution in [3.63, 3.8) is 0 Å². The molecular weight excluding hydrogens is 532 g/mol. The number of aryl methyl sites for hydroxylation is 4. The van der Waals surface area contributed by atoms with Crippen LogP contribution in [0.15, 0.2) is 84.9 Å². The molecular formula is C42H56N2. The van der Waals surface area contributed by atoms with E-state index in [1.165, 1.54) is 134 Å². The Kier molecular flexibility index (Phi) is 13.9. The van der Waals surface area contributed by atoms with Gasteiger partial charge in [-0.15, -0.1) is 0 Å². The summed E-state index contributed by atoms with van der Waals surface area (Å²) < 4.78 is 0. The highest BCUT2D eigenvalue weighted by Gasteiger charge is 2.04. The maximum Gasteiger partial charge on any atom is 0.0316 e. The van der Waals surface area contributed by atoms with E-state index in [9.17, 15) is 0 Å². The number of hydrogen-bond donors (Lipinski definition) is 2. The smallest absolute Gasteiger partial charge is 0.0316 e.